The van der Waals surface area contributed by atoms with Crippen molar-refractivity contribution in [2.45, 2.75) is 18.9 Å². The Morgan fingerprint density at radius 3 is 2.55 bits per heavy atom. The molecule has 1 amide bonds. The lowest BCUT2D eigenvalue weighted by atomic mass is 10.1. The van der Waals surface area contributed by atoms with Crippen molar-refractivity contribution in [3.05, 3.63) is 23.8 Å². The number of hydrogen-bond acceptors (Lipinski definition) is 4. The number of rotatable bonds is 3. The van der Waals surface area contributed by atoms with E-state index < -0.39 is 0 Å². The molecule has 0 atom stereocenters. The Morgan fingerprint density at radius 1 is 1.35 bits per heavy atom. The molecule has 2 N–H and O–H groups in total. The number of nitrogens with two attached hydrogens (primary N) is 1. The van der Waals surface area contributed by atoms with Crippen LogP contribution in [0.4, 0.5) is 5.69 Å². The summed E-state index contributed by atoms with van der Waals surface area (Å²) in [6, 6.07) is 5.25. The lowest BCUT2D eigenvalue weighted by Crippen LogP contribution is -2.35. The van der Waals surface area contributed by atoms with Crippen LogP contribution in [0.3, 0.4) is 0 Å². The average Bonchev–Trinajstić information content (AvgIpc) is 2.42. The second kappa shape index (κ2) is 6.13. The molecule has 1 saturated heterocycles. The Labute approximate surface area is 120 Å². The van der Waals surface area contributed by atoms with Gasteiger partial charge in [-0.2, -0.15) is 0 Å². The fourth-order valence-corrected chi connectivity index (χ4v) is 2.33. The molecule has 1 fully saturated rings. The van der Waals surface area contributed by atoms with Gasteiger partial charge in [-0.1, -0.05) is 0 Å². The highest BCUT2D eigenvalue weighted by atomic mass is 16.5. The van der Waals surface area contributed by atoms with Crippen LogP contribution < -0.4 is 10.5 Å². The molecule has 1 aromatic rings. The number of carbonyl (C=O) groups excluding carboxylic acids is 1. The zero-order valence-corrected chi connectivity index (χ0v) is 12.4. The molecule has 0 saturated carbocycles. The first-order valence-electron chi connectivity index (χ1n) is 6.93. The van der Waals surface area contributed by atoms with Crippen LogP contribution in [-0.2, 0) is 0 Å². The summed E-state index contributed by atoms with van der Waals surface area (Å²) < 4.78 is 5.95. The van der Waals surface area contributed by atoms with Gasteiger partial charge < -0.3 is 20.3 Å². The van der Waals surface area contributed by atoms with Crippen molar-refractivity contribution in [3.8, 4) is 5.75 Å². The van der Waals surface area contributed by atoms with Crippen molar-refractivity contribution in [1.29, 1.82) is 0 Å². The summed E-state index contributed by atoms with van der Waals surface area (Å²) in [7, 11) is 5.56. The molecule has 0 spiro atoms. The van der Waals surface area contributed by atoms with Gasteiger partial charge in [0, 0.05) is 32.7 Å². The fraction of sp³-hybridized carbons (Fsp3) is 0.533. The van der Waals surface area contributed by atoms with Crippen LogP contribution in [0.15, 0.2) is 18.2 Å². The third kappa shape index (κ3) is 3.42. The van der Waals surface area contributed by atoms with E-state index in [1.807, 2.05) is 0 Å². The van der Waals surface area contributed by atoms with Gasteiger partial charge in [0.1, 0.15) is 11.9 Å². The van der Waals surface area contributed by atoms with Crippen LogP contribution in [0.25, 0.3) is 0 Å². The topological polar surface area (TPSA) is 58.8 Å². The van der Waals surface area contributed by atoms with E-state index in [1.54, 1.807) is 32.3 Å². The van der Waals surface area contributed by atoms with E-state index in [0.717, 1.165) is 25.9 Å². The smallest absolute Gasteiger partial charge is 0.253 e. The standard InChI is InChI=1S/C15H23N3O2/c1-17(2)15(19)11-4-5-14(13(16)10-11)20-12-6-8-18(3)9-7-12/h4-5,10,12H,6-9,16H2,1-3H3. The summed E-state index contributed by atoms with van der Waals surface area (Å²) in [4.78, 5) is 15.7. The normalized spacial score (nSPS) is 16.9. The van der Waals surface area contributed by atoms with Crippen molar-refractivity contribution in [2.75, 3.05) is 40.0 Å². The van der Waals surface area contributed by atoms with E-state index in [4.69, 9.17) is 10.5 Å². The van der Waals surface area contributed by atoms with Crippen molar-refractivity contribution in [3.63, 3.8) is 0 Å². The minimum Gasteiger partial charge on any atom is -0.488 e. The highest BCUT2D eigenvalue weighted by Gasteiger charge is 2.19. The molecule has 1 aliphatic heterocycles. The van der Waals surface area contributed by atoms with Crippen molar-refractivity contribution >= 4 is 11.6 Å². The van der Waals surface area contributed by atoms with Crippen molar-refractivity contribution < 1.29 is 9.53 Å². The lowest BCUT2D eigenvalue weighted by molar-refractivity contribution is 0.0827. The predicted octanol–water partition coefficient (Wildman–Crippen LogP) is 1.44. The van der Waals surface area contributed by atoms with Crippen LogP contribution in [0.1, 0.15) is 23.2 Å². The number of nitrogen functional groups attached to an aromatic ring is 1. The van der Waals surface area contributed by atoms with Crippen molar-refractivity contribution in [1.82, 2.24) is 9.80 Å². The van der Waals surface area contributed by atoms with Gasteiger partial charge in [0.2, 0.25) is 0 Å². The highest BCUT2D eigenvalue weighted by Crippen LogP contribution is 2.26. The minimum atomic E-state index is -0.0532. The molecule has 0 aliphatic carbocycles. The third-order valence-corrected chi connectivity index (χ3v) is 3.62. The molecule has 0 radical (unpaired) electrons. The monoisotopic (exact) mass is 277 g/mol. The van der Waals surface area contributed by atoms with E-state index in [-0.39, 0.29) is 12.0 Å². The average molecular weight is 277 g/mol. The van der Waals surface area contributed by atoms with E-state index in [1.165, 1.54) is 4.90 Å². The minimum absolute atomic E-state index is 0.0532. The van der Waals surface area contributed by atoms with Gasteiger partial charge in [0.25, 0.3) is 5.91 Å². The maximum atomic E-state index is 11.9. The predicted molar refractivity (Wildman–Crippen MR) is 80.0 cm³/mol. The van der Waals surface area contributed by atoms with Crippen LogP contribution in [0, 0.1) is 0 Å². The van der Waals surface area contributed by atoms with Gasteiger partial charge in [0.05, 0.1) is 5.69 Å². The Balaban J connectivity index is 2.04. The number of piperidine rings is 1. The molecule has 0 aromatic heterocycles. The number of carbonyl (C=O) groups is 1. The zero-order chi connectivity index (χ0) is 14.7. The van der Waals surface area contributed by atoms with Gasteiger partial charge in [-0.15, -0.1) is 0 Å². The maximum absolute atomic E-state index is 11.9. The summed E-state index contributed by atoms with van der Waals surface area (Å²) in [5.74, 6) is 0.623. The van der Waals surface area contributed by atoms with Crippen LogP contribution >= 0.6 is 0 Å². The van der Waals surface area contributed by atoms with Gasteiger partial charge in [-0.05, 0) is 38.1 Å². The van der Waals surface area contributed by atoms with Crippen molar-refractivity contribution in [2.24, 2.45) is 0 Å². The van der Waals surface area contributed by atoms with Crippen LogP contribution in [0.5, 0.6) is 5.75 Å². The second-order valence-electron chi connectivity index (χ2n) is 5.57. The molecule has 2 rings (SSSR count). The number of anilines is 1. The maximum Gasteiger partial charge on any atom is 0.253 e. The van der Waals surface area contributed by atoms with E-state index in [0.29, 0.717) is 17.0 Å². The van der Waals surface area contributed by atoms with Gasteiger partial charge in [-0.3, -0.25) is 4.79 Å². The fourth-order valence-electron chi connectivity index (χ4n) is 2.33. The lowest BCUT2D eigenvalue weighted by Gasteiger charge is -2.29. The number of amides is 1. The number of benzene rings is 1. The number of likely N-dealkylation sites (tertiary alicyclic amines) is 1. The molecule has 1 aliphatic rings. The second-order valence-corrected chi connectivity index (χ2v) is 5.57. The number of hydrogen-bond donors (Lipinski definition) is 1. The van der Waals surface area contributed by atoms with Gasteiger partial charge in [0.15, 0.2) is 0 Å². The van der Waals surface area contributed by atoms with Crippen LogP contribution in [-0.4, -0.2) is 56.0 Å². The largest absolute Gasteiger partial charge is 0.488 e. The van der Waals surface area contributed by atoms with Gasteiger partial charge in [-0.25, -0.2) is 0 Å². The Bertz CT molecular complexity index is 480. The Morgan fingerprint density at radius 2 is 2.00 bits per heavy atom. The summed E-state index contributed by atoms with van der Waals surface area (Å²) in [6.45, 7) is 2.09. The van der Waals surface area contributed by atoms with E-state index in [2.05, 4.69) is 11.9 Å². The van der Waals surface area contributed by atoms with E-state index in [9.17, 15) is 4.79 Å². The number of nitrogens with zero attached hydrogens (tertiary/aromatic N) is 2. The third-order valence-electron chi connectivity index (χ3n) is 3.62. The molecule has 0 unspecified atom stereocenters. The molecule has 1 aromatic carbocycles. The summed E-state index contributed by atoms with van der Waals surface area (Å²) in [5, 5.41) is 0. The molecule has 5 nitrogen and oxygen atoms in total. The van der Waals surface area contributed by atoms with E-state index >= 15 is 0 Å². The molecular formula is C15H23N3O2. The molecular weight excluding hydrogens is 254 g/mol. The molecule has 5 heteroatoms. The number of ether oxygens (including phenoxy) is 1. The SMILES string of the molecule is CN1CCC(Oc2ccc(C(=O)N(C)C)cc2N)CC1. The highest BCUT2D eigenvalue weighted by molar-refractivity contribution is 5.95. The zero-order valence-electron chi connectivity index (χ0n) is 12.4. The van der Waals surface area contributed by atoms with Gasteiger partial charge >= 0.3 is 0 Å². The first-order valence-corrected chi connectivity index (χ1v) is 6.93. The first-order chi connectivity index (χ1) is 9.47. The summed E-state index contributed by atoms with van der Waals surface area (Å²) in [6.07, 6.45) is 2.23. The molecule has 1 heterocycles. The Kier molecular flexibility index (Phi) is 4.49. The first kappa shape index (κ1) is 14.7. The Hall–Kier alpha value is -1.75. The molecule has 110 valence electrons. The summed E-state index contributed by atoms with van der Waals surface area (Å²) >= 11 is 0. The summed E-state index contributed by atoms with van der Waals surface area (Å²) in [5.41, 5.74) is 7.11. The molecule has 0 bridgehead atoms. The molecule has 20 heavy (non-hydrogen) atoms. The van der Waals surface area contributed by atoms with Crippen LogP contribution in [0.2, 0.25) is 0 Å². The quantitative estimate of drug-likeness (QED) is 0.849.